The van der Waals surface area contributed by atoms with Crippen LogP contribution in [0, 0.1) is 11.7 Å². The van der Waals surface area contributed by atoms with Gasteiger partial charge < -0.3 is 10.2 Å². The zero-order chi connectivity index (χ0) is 26.4. The maximum Gasteiger partial charge on any atom is 0.267 e. The molecule has 3 aromatic carbocycles. The number of carbonyl (C=O) groups excluding carboxylic acids is 2. The molecule has 2 aliphatic rings. The average Bonchev–Trinajstić information content (AvgIpc) is 3.67. The van der Waals surface area contributed by atoms with Gasteiger partial charge in [0, 0.05) is 23.4 Å². The molecule has 1 aliphatic carbocycles. The summed E-state index contributed by atoms with van der Waals surface area (Å²) in [6, 6.07) is 19.0. The van der Waals surface area contributed by atoms with Crippen molar-refractivity contribution < 1.29 is 18.4 Å². The van der Waals surface area contributed by atoms with Gasteiger partial charge in [0.05, 0.1) is 29.5 Å². The Morgan fingerprint density at radius 1 is 1.05 bits per heavy atom. The molecule has 8 heteroatoms. The smallest absolute Gasteiger partial charge is 0.267 e. The first-order valence-electron chi connectivity index (χ1n) is 13.0. The minimum atomic E-state index is -2.29. The zero-order valence-corrected chi connectivity index (χ0v) is 21.0. The maximum atomic E-state index is 17.0. The highest BCUT2D eigenvalue weighted by atomic mass is 19.1. The fraction of sp³-hybridized carbons (Fsp3) is 0.300. The first kappa shape index (κ1) is 24.3. The van der Waals surface area contributed by atoms with Crippen molar-refractivity contribution in [1.29, 1.82) is 0 Å². The van der Waals surface area contributed by atoms with Gasteiger partial charge in [-0.2, -0.15) is 5.10 Å². The van der Waals surface area contributed by atoms with Crippen molar-refractivity contribution in [2.24, 2.45) is 5.92 Å². The predicted molar refractivity (Wildman–Crippen MR) is 141 cm³/mol. The number of amides is 2. The summed E-state index contributed by atoms with van der Waals surface area (Å²) in [5.41, 5.74) is 0.425. The van der Waals surface area contributed by atoms with Gasteiger partial charge in [0.1, 0.15) is 5.82 Å². The van der Waals surface area contributed by atoms with Gasteiger partial charge in [0.15, 0.2) is 0 Å². The lowest BCUT2D eigenvalue weighted by Crippen LogP contribution is -2.55. The number of benzene rings is 3. The Labute approximate surface area is 219 Å². The van der Waals surface area contributed by atoms with Crippen LogP contribution in [0.25, 0.3) is 16.6 Å². The number of carbonyl (C=O) groups is 2. The van der Waals surface area contributed by atoms with Gasteiger partial charge in [-0.05, 0) is 67.3 Å². The highest BCUT2D eigenvalue weighted by Crippen LogP contribution is 2.41. The first-order chi connectivity index (χ1) is 18.4. The van der Waals surface area contributed by atoms with Crippen LogP contribution in [0.1, 0.15) is 31.7 Å². The minimum absolute atomic E-state index is 0.105. The molecule has 2 heterocycles. The molecule has 1 N–H and O–H groups in total. The van der Waals surface area contributed by atoms with E-state index in [-0.39, 0.29) is 24.1 Å². The molecule has 3 unspecified atom stereocenters. The monoisotopic (exact) mass is 514 g/mol. The number of hydrogen-bond acceptors (Lipinski definition) is 3. The van der Waals surface area contributed by atoms with E-state index in [0.717, 1.165) is 23.7 Å². The number of fused-ring (bicyclic) bond motifs is 1. The van der Waals surface area contributed by atoms with Crippen molar-refractivity contribution in [3.8, 4) is 5.69 Å². The zero-order valence-electron chi connectivity index (χ0n) is 21.0. The van der Waals surface area contributed by atoms with Crippen molar-refractivity contribution >= 4 is 28.4 Å². The molecule has 1 aromatic heterocycles. The van der Waals surface area contributed by atoms with Crippen molar-refractivity contribution in [2.75, 3.05) is 4.90 Å². The van der Waals surface area contributed by atoms with Crippen molar-refractivity contribution in [1.82, 2.24) is 15.1 Å². The molecule has 0 radical (unpaired) electrons. The number of alkyl halides is 1. The highest BCUT2D eigenvalue weighted by molar-refractivity contribution is 6.05. The van der Waals surface area contributed by atoms with Crippen LogP contribution in [0.2, 0.25) is 0 Å². The highest BCUT2D eigenvalue weighted by Gasteiger charge is 2.61. The molecule has 2 amide bonds. The van der Waals surface area contributed by atoms with E-state index in [2.05, 4.69) is 10.4 Å². The number of nitrogens with one attached hydrogen (secondary N) is 1. The maximum absolute atomic E-state index is 17.0. The summed E-state index contributed by atoms with van der Waals surface area (Å²) in [6.07, 6.45) is 3.59. The van der Waals surface area contributed by atoms with Crippen molar-refractivity contribution in [2.45, 2.75) is 50.4 Å². The summed E-state index contributed by atoms with van der Waals surface area (Å²) < 4.78 is 32.1. The van der Waals surface area contributed by atoms with E-state index in [9.17, 15) is 14.0 Å². The Morgan fingerprint density at radius 2 is 1.76 bits per heavy atom. The minimum Gasteiger partial charge on any atom is -0.347 e. The lowest BCUT2D eigenvalue weighted by Gasteiger charge is -2.29. The van der Waals surface area contributed by atoms with E-state index in [0.29, 0.717) is 23.4 Å². The normalized spacial score (nSPS) is 23.2. The summed E-state index contributed by atoms with van der Waals surface area (Å²) in [7, 11) is 0. The van der Waals surface area contributed by atoms with Crippen LogP contribution in [-0.2, 0) is 16.0 Å². The van der Waals surface area contributed by atoms with E-state index in [1.807, 2.05) is 37.3 Å². The summed E-state index contributed by atoms with van der Waals surface area (Å²) in [4.78, 5) is 28.2. The molecule has 6 rings (SSSR count). The molecule has 3 atom stereocenters. The van der Waals surface area contributed by atoms with Crippen LogP contribution in [0.4, 0.5) is 14.5 Å². The van der Waals surface area contributed by atoms with E-state index >= 15 is 4.39 Å². The number of rotatable bonds is 7. The fourth-order valence-corrected chi connectivity index (χ4v) is 5.53. The number of anilines is 1. The predicted octanol–water partition coefficient (Wildman–Crippen LogP) is 5.14. The number of nitrogens with zero attached hydrogens (tertiary/aromatic N) is 3. The van der Waals surface area contributed by atoms with Gasteiger partial charge in [-0.3, -0.25) is 9.59 Å². The summed E-state index contributed by atoms with van der Waals surface area (Å²) in [6.45, 7) is 1.90. The standard InChI is InChI=1S/C30H28F2N4O2/c1-2-25-27(34-28(37)20-8-9-20)30(32,17-19-6-4-3-5-7-19)29(38)35(25)24-14-15-26-21(16-24)18-33-36(26)23-12-10-22(31)11-13-23/h3-7,10-16,18,20,25,27H,2,8-9,17H2,1H3,(H,34,37). The summed E-state index contributed by atoms with van der Waals surface area (Å²) in [5.74, 6) is -1.28. The molecule has 1 saturated heterocycles. The molecule has 0 spiro atoms. The van der Waals surface area contributed by atoms with Gasteiger partial charge in [-0.25, -0.2) is 13.5 Å². The molecule has 2 fully saturated rings. The van der Waals surface area contributed by atoms with Gasteiger partial charge in [-0.15, -0.1) is 0 Å². The number of aromatic nitrogens is 2. The molecule has 4 aromatic rings. The van der Waals surface area contributed by atoms with Crippen molar-refractivity contribution in [3.63, 3.8) is 0 Å². The molecule has 194 valence electrons. The van der Waals surface area contributed by atoms with Crippen LogP contribution in [0.3, 0.4) is 0 Å². The average molecular weight is 515 g/mol. The van der Waals surface area contributed by atoms with Crippen molar-refractivity contribution in [3.05, 3.63) is 90.4 Å². The molecule has 6 nitrogen and oxygen atoms in total. The third-order valence-corrected chi connectivity index (χ3v) is 7.65. The Hall–Kier alpha value is -4.07. The fourth-order valence-electron chi connectivity index (χ4n) is 5.53. The molecule has 1 aliphatic heterocycles. The Kier molecular flexibility index (Phi) is 5.97. The molecule has 0 bridgehead atoms. The third kappa shape index (κ3) is 4.14. The summed E-state index contributed by atoms with van der Waals surface area (Å²) >= 11 is 0. The topological polar surface area (TPSA) is 67.2 Å². The van der Waals surface area contributed by atoms with Gasteiger partial charge >= 0.3 is 0 Å². The Balaban J connectivity index is 1.39. The second-order valence-corrected chi connectivity index (χ2v) is 10.2. The molecule has 1 saturated carbocycles. The van der Waals surface area contributed by atoms with E-state index < -0.39 is 23.7 Å². The number of hydrogen-bond donors (Lipinski definition) is 1. The molecule has 38 heavy (non-hydrogen) atoms. The van der Waals surface area contributed by atoms with E-state index in [4.69, 9.17) is 0 Å². The summed E-state index contributed by atoms with van der Waals surface area (Å²) in [5, 5.41) is 8.13. The first-order valence-corrected chi connectivity index (χ1v) is 13.0. The lowest BCUT2D eigenvalue weighted by molar-refractivity contribution is -0.129. The Bertz CT molecular complexity index is 1500. The van der Waals surface area contributed by atoms with Gasteiger partial charge in [0.25, 0.3) is 5.91 Å². The van der Waals surface area contributed by atoms with Gasteiger partial charge in [0.2, 0.25) is 11.6 Å². The van der Waals surface area contributed by atoms with Crippen LogP contribution < -0.4 is 10.2 Å². The van der Waals surface area contributed by atoms with Crippen LogP contribution in [0.5, 0.6) is 0 Å². The van der Waals surface area contributed by atoms with E-state index in [1.165, 1.54) is 17.0 Å². The second kappa shape index (κ2) is 9.35. The third-order valence-electron chi connectivity index (χ3n) is 7.65. The lowest BCUT2D eigenvalue weighted by atomic mass is 9.87. The van der Waals surface area contributed by atoms with Gasteiger partial charge in [-0.1, -0.05) is 37.3 Å². The molecular formula is C30H28F2N4O2. The quantitative estimate of drug-likeness (QED) is 0.372. The molecular weight excluding hydrogens is 486 g/mol. The van der Waals surface area contributed by atoms with Crippen LogP contribution in [-0.4, -0.2) is 39.3 Å². The Morgan fingerprint density at radius 3 is 2.45 bits per heavy atom. The largest absolute Gasteiger partial charge is 0.347 e. The number of halogens is 2. The second-order valence-electron chi connectivity index (χ2n) is 10.2. The van der Waals surface area contributed by atoms with Crippen LogP contribution in [0.15, 0.2) is 79.0 Å². The van der Waals surface area contributed by atoms with Crippen LogP contribution >= 0.6 is 0 Å². The van der Waals surface area contributed by atoms with E-state index in [1.54, 1.807) is 41.2 Å². The SMILES string of the molecule is CCC1C(NC(=O)C2CC2)C(F)(Cc2ccccc2)C(=O)N1c1ccc2c(cnn2-c2ccc(F)cc2)c1.